The van der Waals surface area contributed by atoms with E-state index in [0.717, 1.165) is 4.90 Å². The minimum Gasteiger partial charge on any atom is -0.491 e. The van der Waals surface area contributed by atoms with Crippen LogP contribution >= 0.6 is 0 Å². The number of hydrogen-bond donors (Lipinski definition) is 1. The van der Waals surface area contributed by atoms with Gasteiger partial charge in [0.2, 0.25) is 11.8 Å². The van der Waals surface area contributed by atoms with E-state index in [2.05, 4.69) is 0 Å². The Morgan fingerprint density at radius 1 is 1.12 bits per heavy atom. The second-order valence-corrected chi connectivity index (χ2v) is 6.38. The van der Waals surface area contributed by atoms with Crippen molar-refractivity contribution in [1.82, 2.24) is 0 Å². The number of imide groups is 1. The predicted molar refractivity (Wildman–Crippen MR) is 95.5 cm³/mol. The van der Waals surface area contributed by atoms with Crippen LogP contribution in [0.25, 0.3) is 0 Å². The number of ether oxygens (including phenoxy) is 1. The fourth-order valence-corrected chi connectivity index (χ4v) is 3.05. The largest absolute Gasteiger partial charge is 0.491 e. The number of carbonyl (C=O) groups excluding carboxylic acids is 2. The lowest BCUT2D eigenvalue weighted by Crippen LogP contribution is -2.31. The molecule has 0 aromatic heterocycles. The summed E-state index contributed by atoms with van der Waals surface area (Å²) >= 11 is 0. The van der Waals surface area contributed by atoms with Crippen LogP contribution in [0.4, 0.5) is 5.69 Å². The van der Waals surface area contributed by atoms with Gasteiger partial charge in [-0.15, -0.1) is 0 Å². The number of carboxylic acid groups (broad SMARTS) is 1. The van der Waals surface area contributed by atoms with Gasteiger partial charge in [-0.1, -0.05) is 24.3 Å². The number of rotatable bonds is 5. The van der Waals surface area contributed by atoms with Crippen molar-refractivity contribution in [2.24, 2.45) is 0 Å². The van der Waals surface area contributed by atoms with Crippen LogP contribution in [0, 0.1) is 0 Å². The van der Waals surface area contributed by atoms with E-state index >= 15 is 0 Å². The van der Waals surface area contributed by atoms with Gasteiger partial charge in [0.05, 0.1) is 23.3 Å². The van der Waals surface area contributed by atoms with E-state index in [0.29, 0.717) is 11.3 Å². The standard InChI is InChI=1S/C20H19NO5/c1-12(2)26-14-9-7-13(8-10-14)16-11-18(22)21(19(16)23)17-6-4-3-5-15(17)20(24)25/h3-10,12,16H,11H2,1-2H3,(H,24,25)/t16-/m1/s1. The first-order valence-corrected chi connectivity index (χ1v) is 8.34. The molecule has 0 saturated carbocycles. The van der Waals surface area contributed by atoms with E-state index in [1.54, 1.807) is 36.4 Å². The molecule has 1 saturated heterocycles. The molecule has 0 bridgehead atoms. The van der Waals surface area contributed by atoms with Gasteiger partial charge < -0.3 is 9.84 Å². The van der Waals surface area contributed by atoms with E-state index in [1.807, 2.05) is 13.8 Å². The highest BCUT2D eigenvalue weighted by Gasteiger charge is 2.41. The van der Waals surface area contributed by atoms with Crippen LogP contribution in [-0.4, -0.2) is 29.0 Å². The van der Waals surface area contributed by atoms with Gasteiger partial charge in [0, 0.05) is 6.42 Å². The smallest absolute Gasteiger partial charge is 0.337 e. The van der Waals surface area contributed by atoms with E-state index in [9.17, 15) is 19.5 Å². The van der Waals surface area contributed by atoms with Crippen molar-refractivity contribution in [1.29, 1.82) is 0 Å². The maximum atomic E-state index is 12.8. The van der Waals surface area contributed by atoms with Gasteiger partial charge in [0.15, 0.2) is 0 Å². The molecule has 2 aromatic carbocycles. The summed E-state index contributed by atoms with van der Waals surface area (Å²) in [5, 5.41) is 9.32. The molecular weight excluding hydrogens is 334 g/mol. The number of para-hydroxylation sites is 1. The maximum Gasteiger partial charge on any atom is 0.337 e. The van der Waals surface area contributed by atoms with E-state index < -0.39 is 23.7 Å². The molecule has 2 aromatic rings. The number of amides is 2. The minimum absolute atomic E-state index is 0.0111. The molecule has 6 heteroatoms. The molecule has 0 radical (unpaired) electrons. The van der Waals surface area contributed by atoms with Gasteiger partial charge in [-0.2, -0.15) is 0 Å². The number of benzene rings is 2. The number of aromatic carboxylic acids is 1. The molecule has 1 N–H and O–H groups in total. The van der Waals surface area contributed by atoms with E-state index in [4.69, 9.17) is 4.74 Å². The first kappa shape index (κ1) is 17.7. The average Bonchev–Trinajstić information content (AvgIpc) is 2.89. The predicted octanol–water partition coefficient (Wildman–Crippen LogP) is 3.22. The lowest BCUT2D eigenvalue weighted by atomic mass is 9.97. The van der Waals surface area contributed by atoms with Crippen LogP contribution < -0.4 is 9.64 Å². The van der Waals surface area contributed by atoms with Crippen LogP contribution in [-0.2, 0) is 9.59 Å². The molecule has 0 unspecified atom stereocenters. The molecule has 26 heavy (non-hydrogen) atoms. The SMILES string of the molecule is CC(C)Oc1ccc([C@H]2CC(=O)N(c3ccccc3C(=O)O)C2=O)cc1. The van der Waals surface area contributed by atoms with Crippen molar-refractivity contribution in [3.8, 4) is 5.75 Å². The molecule has 1 aliphatic rings. The molecule has 6 nitrogen and oxygen atoms in total. The quantitative estimate of drug-likeness (QED) is 0.835. The lowest BCUT2D eigenvalue weighted by molar-refractivity contribution is -0.121. The van der Waals surface area contributed by atoms with Crippen molar-refractivity contribution in [3.63, 3.8) is 0 Å². The number of carboxylic acids is 1. The Labute approximate surface area is 151 Å². The second kappa shape index (κ2) is 7.00. The van der Waals surface area contributed by atoms with Crippen molar-refractivity contribution in [2.75, 3.05) is 4.90 Å². The summed E-state index contributed by atoms with van der Waals surface area (Å²) in [4.78, 5) is 37.7. The van der Waals surface area contributed by atoms with E-state index in [1.165, 1.54) is 12.1 Å². The summed E-state index contributed by atoms with van der Waals surface area (Å²) in [6.07, 6.45) is 0.0514. The zero-order valence-electron chi connectivity index (χ0n) is 14.5. The monoisotopic (exact) mass is 353 g/mol. The minimum atomic E-state index is -1.18. The van der Waals surface area contributed by atoms with Crippen LogP contribution in [0.1, 0.15) is 42.1 Å². The maximum absolute atomic E-state index is 12.8. The highest BCUT2D eigenvalue weighted by molar-refractivity contribution is 6.24. The molecule has 3 rings (SSSR count). The molecule has 134 valence electrons. The topological polar surface area (TPSA) is 83.9 Å². The highest BCUT2D eigenvalue weighted by Crippen LogP contribution is 2.35. The highest BCUT2D eigenvalue weighted by atomic mass is 16.5. The molecule has 2 amide bonds. The van der Waals surface area contributed by atoms with Crippen LogP contribution in [0.3, 0.4) is 0 Å². The Balaban J connectivity index is 1.89. The third-order valence-corrected chi connectivity index (χ3v) is 4.18. The molecule has 1 fully saturated rings. The van der Waals surface area contributed by atoms with Gasteiger partial charge in [-0.25, -0.2) is 9.69 Å². The average molecular weight is 353 g/mol. The van der Waals surface area contributed by atoms with Crippen molar-refractivity contribution >= 4 is 23.5 Å². The van der Waals surface area contributed by atoms with Crippen LogP contribution in [0.5, 0.6) is 5.75 Å². The van der Waals surface area contributed by atoms with Crippen molar-refractivity contribution in [3.05, 3.63) is 59.7 Å². The van der Waals surface area contributed by atoms with Crippen LogP contribution in [0.15, 0.2) is 48.5 Å². The number of carbonyl (C=O) groups is 3. The first-order chi connectivity index (χ1) is 12.4. The van der Waals surface area contributed by atoms with Crippen molar-refractivity contribution in [2.45, 2.75) is 32.3 Å². The molecule has 1 atom stereocenters. The molecule has 1 aliphatic heterocycles. The zero-order chi connectivity index (χ0) is 18.8. The lowest BCUT2D eigenvalue weighted by Gasteiger charge is -2.17. The van der Waals surface area contributed by atoms with Gasteiger partial charge in [-0.05, 0) is 43.7 Å². The number of hydrogen-bond acceptors (Lipinski definition) is 4. The molecule has 0 spiro atoms. The summed E-state index contributed by atoms with van der Waals surface area (Å²) in [6, 6.07) is 13.1. The molecular formula is C20H19NO5. The number of nitrogens with zero attached hydrogens (tertiary/aromatic N) is 1. The van der Waals surface area contributed by atoms with Gasteiger partial charge >= 0.3 is 5.97 Å². The Morgan fingerprint density at radius 2 is 1.77 bits per heavy atom. The summed E-state index contributed by atoms with van der Waals surface area (Å²) < 4.78 is 5.58. The molecule has 1 heterocycles. The van der Waals surface area contributed by atoms with Crippen molar-refractivity contribution < 1.29 is 24.2 Å². The fraction of sp³-hybridized carbons (Fsp3) is 0.250. The Kier molecular flexibility index (Phi) is 4.75. The van der Waals surface area contributed by atoms with E-state index in [-0.39, 0.29) is 23.8 Å². The van der Waals surface area contributed by atoms with Crippen LogP contribution in [0.2, 0.25) is 0 Å². The summed E-state index contributed by atoms with van der Waals surface area (Å²) in [6.45, 7) is 3.84. The zero-order valence-corrected chi connectivity index (χ0v) is 14.5. The van der Waals surface area contributed by atoms with Gasteiger partial charge in [0.1, 0.15) is 5.75 Å². The Bertz CT molecular complexity index is 857. The summed E-state index contributed by atoms with van der Waals surface area (Å²) in [7, 11) is 0. The Hall–Kier alpha value is -3.15. The first-order valence-electron chi connectivity index (χ1n) is 8.34. The van der Waals surface area contributed by atoms with Gasteiger partial charge in [0.25, 0.3) is 0 Å². The normalized spacial score (nSPS) is 17.0. The third kappa shape index (κ3) is 3.31. The summed E-state index contributed by atoms with van der Waals surface area (Å²) in [5.74, 6) is -1.94. The summed E-state index contributed by atoms with van der Waals surface area (Å²) in [5.41, 5.74) is 0.738. The molecule has 0 aliphatic carbocycles. The number of anilines is 1. The third-order valence-electron chi connectivity index (χ3n) is 4.18. The fourth-order valence-electron chi connectivity index (χ4n) is 3.05. The Morgan fingerprint density at radius 3 is 2.38 bits per heavy atom. The second-order valence-electron chi connectivity index (χ2n) is 6.38. The van der Waals surface area contributed by atoms with Gasteiger partial charge in [-0.3, -0.25) is 9.59 Å².